The second kappa shape index (κ2) is 11.5. The number of rotatable bonds is 10. The van der Waals surface area contributed by atoms with Crippen molar-refractivity contribution in [3.05, 3.63) is 91.0 Å². The van der Waals surface area contributed by atoms with Gasteiger partial charge in [0.25, 0.3) is 0 Å². The summed E-state index contributed by atoms with van der Waals surface area (Å²) in [5.74, 6) is 0.245. The van der Waals surface area contributed by atoms with Crippen LogP contribution in [0.4, 0.5) is 5.69 Å². The maximum Gasteiger partial charge on any atom is 0.116 e. The van der Waals surface area contributed by atoms with Gasteiger partial charge in [-0.25, -0.2) is 4.98 Å². The number of benzene rings is 3. The molecule has 0 saturated carbocycles. The number of anilines is 1. The van der Waals surface area contributed by atoms with E-state index < -0.39 is 0 Å². The molecule has 0 unspecified atom stereocenters. The van der Waals surface area contributed by atoms with Crippen LogP contribution in [0.1, 0.15) is 39.5 Å². The Balaban J connectivity index is 1.72. The molecule has 3 nitrogen and oxygen atoms in total. The zero-order valence-corrected chi connectivity index (χ0v) is 20.2. The van der Waals surface area contributed by atoms with Crippen LogP contribution in [-0.2, 0) is 0 Å². The van der Waals surface area contributed by atoms with E-state index in [-0.39, 0.29) is 5.75 Å². The van der Waals surface area contributed by atoms with Gasteiger partial charge in [-0.15, -0.1) is 0 Å². The van der Waals surface area contributed by atoms with Gasteiger partial charge >= 0.3 is 0 Å². The Kier molecular flexibility index (Phi) is 7.98. The zero-order chi connectivity index (χ0) is 23.8. The second-order valence-corrected chi connectivity index (χ2v) is 8.78. The second-order valence-electron chi connectivity index (χ2n) is 8.78. The summed E-state index contributed by atoms with van der Waals surface area (Å²) in [6.07, 6.45) is 4.84. The molecule has 34 heavy (non-hydrogen) atoms. The molecule has 1 heterocycles. The Labute approximate surface area is 203 Å². The van der Waals surface area contributed by atoms with Crippen LogP contribution >= 0.6 is 0 Å². The molecule has 4 aromatic rings. The molecule has 4 rings (SSSR count). The minimum Gasteiger partial charge on any atom is -0.508 e. The van der Waals surface area contributed by atoms with Gasteiger partial charge in [0.2, 0.25) is 0 Å². The van der Waals surface area contributed by atoms with E-state index in [4.69, 9.17) is 4.98 Å². The fourth-order valence-corrected chi connectivity index (χ4v) is 4.20. The Morgan fingerprint density at radius 1 is 0.618 bits per heavy atom. The van der Waals surface area contributed by atoms with Crippen LogP contribution in [0.15, 0.2) is 91.0 Å². The summed E-state index contributed by atoms with van der Waals surface area (Å²) in [6.45, 7) is 6.70. The molecule has 0 fully saturated rings. The van der Waals surface area contributed by atoms with Crippen LogP contribution < -0.4 is 4.90 Å². The number of hydrogen-bond acceptors (Lipinski definition) is 3. The molecule has 3 heteroatoms. The van der Waals surface area contributed by atoms with E-state index >= 15 is 0 Å². The van der Waals surface area contributed by atoms with Crippen molar-refractivity contribution < 1.29 is 5.11 Å². The van der Waals surface area contributed by atoms with Crippen molar-refractivity contribution in [1.82, 2.24) is 4.98 Å². The minimum atomic E-state index is 0.245. The van der Waals surface area contributed by atoms with Gasteiger partial charge < -0.3 is 10.0 Å². The number of aromatic hydroxyl groups is 1. The number of hydrogen-bond donors (Lipinski definition) is 1. The number of nitrogens with zero attached hydrogens (tertiary/aromatic N) is 2. The van der Waals surface area contributed by atoms with Gasteiger partial charge in [-0.2, -0.15) is 0 Å². The van der Waals surface area contributed by atoms with Crippen molar-refractivity contribution in [2.24, 2.45) is 0 Å². The van der Waals surface area contributed by atoms with E-state index in [2.05, 4.69) is 67.3 Å². The maximum absolute atomic E-state index is 10.0. The number of phenols is 1. The molecule has 1 N–H and O–H groups in total. The summed E-state index contributed by atoms with van der Waals surface area (Å²) in [5.41, 5.74) is 7.32. The van der Waals surface area contributed by atoms with Crippen LogP contribution in [0.2, 0.25) is 0 Å². The average Bonchev–Trinajstić information content (AvgIpc) is 2.89. The van der Waals surface area contributed by atoms with Gasteiger partial charge in [0.15, 0.2) is 0 Å². The molecule has 0 aliphatic heterocycles. The zero-order valence-electron chi connectivity index (χ0n) is 20.2. The highest BCUT2D eigenvalue weighted by atomic mass is 16.3. The van der Waals surface area contributed by atoms with Crippen LogP contribution in [0.5, 0.6) is 5.75 Å². The minimum absolute atomic E-state index is 0.245. The van der Waals surface area contributed by atoms with Crippen molar-refractivity contribution in [2.75, 3.05) is 18.0 Å². The normalized spacial score (nSPS) is 10.9. The van der Waals surface area contributed by atoms with E-state index in [1.54, 1.807) is 12.1 Å². The van der Waals surface area contributed by atoms with Crippen LogP contribution in [0, 0.1) is 0 Å². The molecule has 0 amide bonds. The summed E-state index contributed by atoms with van der Waals surface area (Å²) in [4.78, 5) is 7.45. The molecule has 0 radical (unpaired) electrons. The lowest BCUT2D eigenvalue weighted by molar-refractivity contribution is 0.475. The molecule has 0 bridgehead atoms. The number of pyridine rings is 1. The molecular weight excluding hydrogens is 416 g/mol. The number of aromatic nitrogens is 1. The number of phenolic OH excluding ortho intramolecular Hbond substituents is 1. The third-order valence-corrected chi connectivity index (χ3v) is 6.17. The number of unbranched alkanes of at least 4 members (excludes halogenated alkanes) is 2. The molecule has 3 aromatic carbocycles. The first-order chi connectivity index (χ1) is 16.7. The van der Waals surface area contributed by atoms with Gasteiger partial charge in [-0.05, 0) is 60.4 Å². The summed E-state index contributed by atoms with van der Waals surface area (Å²) in [5, 5.41) is 10.0. The molecule has 0 aliphatic carbocycles. The first-order valence-corrected chi connectivity index (χ1v) is 12.4. The fraction of sp³-hybridized carbons (Fsp3) is 0.258. The highest BCUT2D eigenvalue weighted by Gasteiger charge is 2.11. The quantitative estimate of drug-likeness (QED) is 0.264. The molecule has 1 aromatic heterocycles. The lowest BCUT2D eigenvalue weighted by atomic mass is 9.99. The van der Waals surface area contributed by atoms with Gasteiger partial charge in [-0.3, -0.25) is 0 Å². The predicted octanol–water partition coefficient (Wildman–Crippen LogP) is 8.19. The van der Waals surface area contributed by atoms with Crippen LogP contribution in [-0.4, -0.2) is 23.2 Å². The first kappa shape index (κ1) is 23.6. The van der Waals surface area contributed by atoms with E-state index in [1.807, 2.05) is 30.3 Å². The lowest BCUT2D eigenvalue weighted by Gasteiger charge is -2.25. The summed E-state index contributed by atoms with van der Waals surface area (Å²) < 4.78 is 0. The van der Waals surface area contributed by atoms with Gasteiger partial charge in [0.05, 0.1) is 11.4 Å². The molecular formula is C31H34N2O. The van der Waals surface area contributed by atoms with E-state index in [0.29, 0.717) is 0 Å². The van der Waals surface area contributed by atoms with E-state index in [9.17, 15) is 5.11 Å². The summed E-state index contributed by atoms with van der Waals surface area (Å²) in [7, 11) is 0. The Morgan fingerprint density at radius 3 is 1.85 bits per heavy atom. The SMILES string of the molecule is CCCCN(CCCC)c1ccc(-c2cc(-c3ccccc3)nc(-c3cccc(O)c3)c2)cc1. The van der Waals surface area contributed by atoms with Crippen molar-refractivity contribution >= 4 is 5.69 Å². The van der Waals surface area contributed by atoms with Crippen LogP contribution in [0.25, 0.3) is 33.6 Å². The van der Waals surface area contributed by atoms with Crippen molar-refractivity contribution in [2.45, 2.75) is 39.5 Å². The van der Waals surface area contributed by atoms with E-state index in [1.165, 1.54) is 31.4 Å². The molecule has 0 spiro atoms. The topological polar surface area (TPSA) is 36.4 Å². The standard InChI is InChI=1S/C31H34N2O/c1-3-5-19-33(20-6-4-2)28-17-15-24(16-18-28)27-22-30(25-11-8-7-9-12-25)32-31(23-27)26-13-10-14-29(34)21-26/h7-18,21-23,34H,3-6,19-20H2,1-2H3. The Bertz CT molecular complexity index is 1180. The highest BCUT2D eigenvalue weighted by Crippen LogP contribution is 2.32. The largest absolute Gasteiger partial charge is 0.508 e. The molecule has 174 valence electrons. The van der Waals surface area contributed by atoms with E-state index in [0.717, 1.165) is 46.7 Å². The third-order valence-electron chi connectivity index (χ3n) is 6.17. The smallest absolute Gasteiger partial charge is 0.116 e. The van der Waals surface area contributed by atoms with Crippen LogP contribution in [0.3, 0.4) is 0 Å². The molecule has 0 aliphatic rings. The lowest BCUT2D eigenvalue weighted by Crippen LogP contribution is -2.25. The molecule has 0 atom stereocenters. The predicted molar refractivity (Wildman–Crippen MR) is 144 cm³/mol. The van der Waals surface area contributed by atoms with Crippen molar-refractivity contribution in [3.63, 3.8) is 0 Å². The van der Waals surface area contributed by atoms with Gasteiger partial charge in [-0.1, -0.05) is 81.3 Å². The summed E-state index contributed by atoms with van der Waals surface area (Å²) >= 11 is 0. The third kappa shape index (κ3) is 5.85. The maximum atomic E-state index is 10.0. The monoisotopic (exact) mass is 450 g/mol. The average molecular weight is 451 g/mol. The van der Waals surface area contributed by atoms with Crippen molar-refractivity contribution in [3.8, 4) is 39.4 Å². The highest BCUT2D eigenvalue weighted by molar-refractivity contribution is 5.77. The Morgan fingerprint density at radius 2 is 1.24 bits per heavy atom. The van der Waals surface area contributed by atoms with Gasteiger partial charge in [0, 0.05) is 29.9 Å². The van der Waals surface area contributed by atoms with Gasteiger partial charge in [0.1, 0.15) is 5.75 Å². The Hall–Kier alpha value is -3.59. The summed E-state index contributed by atoms with van der Waals surface area (Å²) in [6, 6.07) is 30.8. The fourth-order valence-electron chi connectivity index (χ4n) is 4.20. The first-order valence-electron chi connectivity index (χ1n) is 12.4. The van der Waals surface area contributed by atoms with Crippen molar-refractivity contribution in [1.29, 1.82) is 0 Å². The molecule has 0 saturated heterocycles.